The Kier molecular flexibility index (Phi) is 8.81. The molecule has 0 saturated carbocycles. The van der Waals surface area contributed by atoms with Crippen LogP contribution in [-0.2, 0) is 13.0 Å². The second kappa shape index (κ2) is 12.6. The number of aromatic nitrogens is 2. The summed E-state index contributed by atoms with van der Waals surface area (Å²) in [6, 6.07) is 17.5. The van der Waals surface area contributed by atoms with Crippen molar-refractivity contribution in [1.29, 1.82) is 0 Å². The molecule has 2 heterocycles. The number of methoxy groups -OCH3 is 1. The number of hydrogen-bond donors (Lipinski definition) is 1. The standard InChI is InChI=1S/C29H33N3O4/c1-3-10-22-15-16-25(27(21-22)34-2)35-19-7-6-18-32-24-12-5-4-11-23(24)31-28(32)14-8-17-30-29(33)26-13-9-20-36-26/h3-5,9-13,15-16,20-21H,6-8,14,17-19H2,1-2H3,(H,30,33)/b10-3+. The van der Waals surface area contributed by atoms with Gasteiger partial charge < -0.3 is 23.8 Å². The van der Waals surface area contributed by atoms with E-state index in [1.165, 1.54) is 6.26 Å². The van der Waals surface area contributed by atoms with E-state index in [2.05, 4.69) is 16.0 Å². The highest BCUT2D eigenvalue weighted by Crippen LogP contribution is 2.29. The van der Waals surface area contributed by atoms with Crippen LogP contribution in [0.4, 0.5) is 0 Å². The zero-order valence-electron chi connectivity index (χ0n) is 20.9. The first-order valence-electron chi connectivity index (χ1n) is 12.4. The van der Waals surface area contributed by atoms with Gasteiger partial charge in [-0.05, 0) is 68.1 Å². The minimum atomic E-state index is -0.193. The second-order valence-corrected chi connectivity index (χ2v) is 8.47. The molecule has 2 aromatic heterocycles. The number of para-hydroxylation sites is 2. The summed E-state index contributed by atoms with van der Waals surface area (Å²) >= 11 is 0. The number of ether oxygens (including phenoxy) is 2. The van der Waals surface area contributed by atoms with Gasteiger partial charge in [-0.25, -0.2) is 4.98 Å². The number of amides is 1. The highest BCUT2D eigenvalue weighted by Gasteiger charge is 2.12. The van der Waals surface area contributed by atoms with Gasteiger partial charge in [0.1, 0.15) is 5.82 Å². The number of carbonyl (C=O) groups excluding carboxylic acids is 1. The monoisotopic (exact) mass is 487 g/mol. The number of imidazole rings is 1. The van der Waals surface area contributed by atoms with E-state index in [9.17, 15) is 4.79 Å². The van der Waals surface area contributed by atoms with E-state index in [0.29, 0.717) is 18.9 Å². The van der Waals surface area contributed by atoms with Crippen LogP contribution in [0.3, 0.4) is 0 Å². The van der Waals surface area contributed by atoms with Gasteiger partial charge in [0.15, 0.2) is 17.3 Å². The van der Waals surface area contributed by atoms with E-state index in [-0.39, 0.29) is 5.91 Å². The number of allylic oxidation sites excluding steroid dienone is 1. The number of aryl methyl sites for hydroxylation is 2. The fraction of sp³-hybridized carbons (Fsp3) is 0.310. The van der Waals surface area contributed by atoms with Gasteiger partial charge in [-0.1, -0.05) is 30.4 Å². The molecule has 4 aromatic rings. The van der Waals surface area contributed by atoms with Gasteiger partial charge in [0.05, 0.1) is 31.0 Å². The number of benzene rings is 2. The van der Waals surface area contributed by atoms with Crippen molar-refractivity contribution in [3.63, 3.8) is 0 Å². The predicted molar refractivity (Wildman–Crippen MR) is 142 cm³/mol. The van der Waals surface area contributed by atoms with Crippen LogP contribution in [-0.4, -0.2) is 35.7 Å². The van der Waals surface area contributed by atoms with Crippen LogP contribution in [0, 0.1) is 0 Å². The molecular formula is C29H33N3O4. The molecule has 4 rings (SSSR count). The maximum Gasteiger partial charge on any atom is 0.286 e. The summed E-state index contributed by atoms with van der Waals surface area (Å²) in [4.78, 5) is 16.9. The van der Waals surface area contributed by atoms with Crippen molar-refractivity contribution < 1.29 is 18.7 Å². The Labute approximate surface area is 211 Å². The van der Waals surface area contributed by atoms with Gasteiger partial charge in [0.25, 0.3) is 5.91 Å². The summed E-state index contributed by atoms with van der Waals surface area (Å²) in [6.07, 6.45) is 8.97. The molecule has 7 nitrogen and oxygen atoms in total. The van der Waals surface area contributed by atoms with Gasteiger partial charge in [0, 0.05) is 19.5 Å². The molecular weight excluding hydrogens is 454 g/mol. The summed E-state index contributed by atoms with van der Waals surface area (Å²) in [5.74, 6) is 2.67. The summed E-state index contributed by atoms with van der Waals surface area (Å²) in [7, 11) is 1.66. The fourth-order valence-electron chi connectivity index (χ4n) is 4.16. The zero-order valence-corrected chi connectivity index (χ0v) is 20.9. The smallest absolute Gasteiger partial charge is 0.286 e. The van der Waals surface area contributed by atoms with Gasteiger partial charge >= 0.3 is 0 Å². The Morgan fingerprint density at radius 2 is 1.97 bits per heavy atom. The molecule has 0 aliphatic carbocycles. The molecule has 0 unspecified atom stereocenters. The van der Waals surface area contributed by atoms with E-state index < -0.39 is 0 Å². The minimum absolute atomic E-state index is 0.193. The van der Waals surface area contributed by atoms with Crippen molar-refractivity contribution >= 4 is 23.0 Å². The van der Waals surface area contributed by atoms with E-state index in [4.69, 9.17) is 18.9 Å². The number of fused-ring (bicyclic) bond motifs is 1. The Balaban J connectivity index is 1.29. The second-order valence-electron chi connectivity index (χ2n) is 8.47. The molecule has 2 aromatic carbocycles. The van der Waals surface area contributed by atoms with Gasteiger partial charge in [-0.3, -0.25) is 4.79 Å². The molecule has 1 N–H and O–H groups in total. The van der Waals surface area contributed by atoms with Crippen molar-refractivity contribution in [2.75, 3.05) is 20.3 Å². The van der Waals surface area contributed by atoms with Crippen molar-refractivity contribution in [3.05, 3.63) is 84.1 Å². The third-order valence-electron chi connectivity index (χ3n) is 5.92. The maximum absolute atomic E-state index is 12.1. The van der Waals surface area contributed by atoms with Crippen LogP contribution in [0.1, 0.15) is 48.1 Å². The molecule has 0 spiro atoms. The fourth-order valence-corrected chi connectivity index (χ4v) is 4.16. The number of nitrogens with one attached hydrogen (secondary N) is 1. The van der Waals surface area contributed by atoms with Crippen LogP contribution >= 0.6 is 0 Å². The molecule has 0 fully saturated rings. The number of hydrogen-bond acceptors (Lipinski definition) is 5. The first-order chi connectivity index (χ1) is 17.7. The molecule has 0 atom stereocenters. The highest BCUT2D eigenvalue weighted by molar-refractivity contribution is 5.91. The molecule has 0 bridgehead atoms. The Morgan fingerprint density at radius 1 is 1.08 bits per heavy atom. The van der Waals surface area contributed by atoms with Crippen LogP contribution in [0.2, 0.25) is 0 Å². The van der Waals surface area contributed by atoms with E-state index in [1.54, 1.807) is 19.2 Å². The Bertz CT molecular complexity index is 1290. The van der Waals surface area contributed by atoms with E-state index in [1.807, 2.05) is 55.5 Å². The third-order valence-corrected chi connectivity index (χ3v) is 5.92. The lowest BCUT2D eigenvalue weighted by atomic mass is 10.2. The quantitative estimate of drug-likeness (QED) is 0.238. The van der Waals surface area contributed by atoms with Crippen molar-refractivity contribution in [1.82, 2.24) is 14.9 Å². The normalized spacial score (nSPS) is 11.3. The molecule has 0 aliphatic heterocycles. The first kappa shape index (κ1) is 25.1. The Hall–Kier alpha value is -4.00. The molecule has 0 radical (unpaired) electrons. The Morgan fingerprint density at radius 3 is 2.78 bits per heavy atom. The van der Waals surface area contributed by atoms with Crippen molar-refractivity contribution in [2.24, 2.45) is 0 Å². The van der Waals surface area contributed by atoms with Crippen LogP contribution in [0.5, 0.6) is 11.5 Å². The summed E-state index contributed by atoms with van der Waals surface area (Å²) in [5.41, 5.74) is 3.21. The average molecular weight is 488 g/mol. The molecule has 0 saturated heterocycles. The van der Waals surface area contributed by atoms with E-state index in [0.717, 1.165) is 66.1 Å². The van der Waals surface area contributed by atoms with Gasteiger partial charge in [0.2, 0.25) is 0 Å². The van der Waals surface area contributed by atoms with Crippen LogP contribution in [0.25, 0.3) is 17.1 Å². The topological polar surface area (TPSA) is 78.5 Å². The molecule has 1 amide bonds. The maximum atomic E-state index is 12.1. The summed E-state index contributed by atoms with van der Waals surface area (Å²) in [6.45, 7) is 4.02. The minimum Gasteiger partial charge on any atom is -0.493 e. The predicted octanol–water partition coefficient (Wildman–Crippen LogP) is 5.89. The zero-order chi connectivity index (χ0) is 25.2. The summed E-state index contributed by atoms with van der Waals surface area (Å²) < 4.78 is 18.9. The number of unbranched alkanes of at least 4 members (excludes halogenated alkanes) is 1. The largest absolute Gasteiger partial charge is 0.493 e. The molecule has 36 heavy (non-hydrogen) atoms. The van der Waals surface area contributed by atoms with Crippen molar-refractivity contribution in [3.8, 4) is 11.5 Å². The number of carbonyl (C=O) groups is 1. The SMILES string of the molecule is C/C=C/c1ccc(OCCCCn2c(CCCNC(=O)c3ccco3)nc3ccccc32)c(OC)c1. The average Bonchev–Trinajstić information content (AvgIpc) is 3.56. The lowest BCUT2D eigenvalue weighted by Crippen LogP contribution is -2.24. The van der Waals surface area contributed by atoms with Gasteiger partial charge in [-0.15, -0.1) is 0 Å². The van der Waals surface area contributed by atoms with Crippen LogP contribution < -0.4 is 14.8 Å². The molecule has 188 valence electrons. The molecule has 0 aliphatic rings. The first-order valence-corrected chi connectivity index (χ1v) is 12.4. The van der Waals surface area contributed by atoms with Crippen molar-refractivity contribution in [2.45, 2.75) is 39.2 Å². The summed E-state index contributed by atoms with van der Waals surface area (Å²) in [5, 5.41) is 2.90. The lowest BCUT2D eigenvalue weighted by Gasteiger charge is -2.12. The molecule has 7 heteroatoms. The third kappa shape index (κ3) is 6.36. The van der Waals surface area contributed by atoms with Crippen LogP contribution in [0.15, 0.2) is 71.4 Å². The number of rotatable bonds is 13. The van der Waals surface area contributed by atoms with E-state index >= 15 is 0 Å². The van der Waals surface area contributed by atoms with Gasteiger partial charge in [-0.2, -0.15) is 0 Å². The number of furan rings is 1. The lowest BCUT2D eigenvalue weighted by molar-refractivity contribution is 0.0925. The number of nitrogens with zero attached hydrogens (tertiary/aromatic N) is 2. The highest BCUT2D eigenvalue weighted by atomic mass is 16.5.